The van der Waals surface area contributed by atoms with Crippen molar-refractivity contribution in [3.05, 3.63) is 58.9 Å². The lowest BCUT2D eigenvalue weighted by Gasteiger charge is -2.41. The molecule has 1 aliphatic heterocycles. The number of nitrogens with zero attached hydrogens (tertiary/aromatic N) is 2. The lowest BCUT2D eigenvalue weighted by atomic mass is 10.2. The Hall–Kier alpha value is -3.00. The van der Waals surface area contributed by atoms with Crippen LogP contribution in [0.15, 0.2) is 42.5 Å². The standard InChI is InChI=1S/C22H26ClFN4O3/c1-4-11-27-21(29)26-20(25-17-9-10-19(18(24)12-17)31-14(2)3)28(22(27)30)13-15-5-7-16(23)8-6-15/h5-10,12,14,20,25H,4,11,13H2,1-3H3,(H,26,29). The fourth-order valence-corrected chi connectivity index (χ4v) is 3.33. The van der Waals surface area contributed by atoms with Crippen molar-refractivity contribution in [2.45, 2.75) is 46.1 Å². The summed E-state index contributed by atoms with van der Waals surface area (Å²) in [5, 5.41) is 6.40. The van der Waals surface area contributed by atoms with E-state index in [1.807, 2.05) is 32.9 Å². The Labute approximate surface area is 186 Å². The van der Waals surface area contributed by atoms with Gasteiger partial charge in [0.2, 0.25) is 0 Å². The molecule has 2 aromatic rings. The number of anilines is 1. The maximum Gasteiger partial charge on any atom is 0.331 e. The molecule has 0 aromatic heterocycles. The Balaban J connectivity index is 1.84. The van der Waals surface area contributed by atoms with E-state index in [0.29, 0.717) is 23.7 Å². The summed E-state index contributed by atoms with van der Waals surface area (Å²) >= 11 is 5.96. The topological polar surface area (TPSA) is 73.9 Å². The van der Waals surface area contributed by atoms with Gasteiger partial charge in [0.05, 0.1) is 12.6 Å². The minimum atomic E-state index is -0.861. The number of carbonyl (C=O) groups excluding carboxylic acids is 2. The summed E-state index contributed by atoms with van der Waals surface area (Å²) in [6.45, 7) is 6.03. The molecule has 7 nitrogen and oxygen atoms in total. The molecular formula is C22H26ClFN4O3. The molecule has 31 heavy (non-hydrogen) atoms. The number of imide groups is 1. The number of benzene rings is 2. The van der Waals surface area contributed by atoms with E-state index in [-0.39, 0.29) is 18.4 Å². The third-order valence-electron chi connectivity index (χ3n) is 4.60. The van der Waals surface area contributed by atoms with Gasteiger partial charge in [-0.1, -0.05) is 30.7 Å². The summed E-state index contributed by atoms with van der Waals surface area (Å²) in [5.41, 5.74) is 1.24. The average molecular weight is 449 g/mol. The summed E-state index contributed by atoms with van der Waals surface area (Å²) in [6.07, 6.45) is -0.391. The van der Waals surface area contributed by atoms with E-state index in [4.69, 9.17) is 16.3 Å². The van der Waals surface area contributed by atoms with Crippen LogP contribution in [-0.2, 0) is 6.54 Å². The summed E-state index contributed by atoms with van der Waals surface area (Å²) < 4.78 is 19.8. The van der Waals surface area contributed by atoms with Crippen LogP contribution in [0.4, 0.5) is 19.7 Å². The van der Waals surface area contributed by atoms with Gasteiger partial charge < -0.3 is 10.1 Å². The first kappa shape index (κ1) is 22.7. The van der Waals surface area contributed by atoms with Gasteiger partial charge in [-0.25, -0.2) is 18.9 Å². The predicted molar refractivity (Wildman–Crippen MR) is 117 cm³/mol. The van der Waals surface area contributed by atoms with Crippen LogP contribution in [0.5, 0.6) is 5.75 Å². The normalized spacial score (nSPS) is 16.5. The molecule has 1 heterocycles. The number of hydrogen-bond acceptors (Lipinski definition) is 4. The van der Waals surface area contributed by atoms with Crippen LogP contribution in [0.3, 0.4) is 0 Å². The Bertz CT molecular complexity index is 939. The zero-order valence-electron chi connectivity index (χ0n) is 17.7. The van der Waals surface area contributed by atoms with Gasteiger partial charge in [0.1, 0.15) is 0 Å². The van der Waals surface area contributed by atoms with Gasteiger partial charge in [0.25, 0.3) is 0 Å². The van der Waals surface area contributed by atoms with E-state index >= 15 is 0 Å². The SMILES string of the molecule is CCCN1C(=O)NC(Nc2ccc(OC(C)C)c(F)c2)N(Cc2ccc(Cl)cc2)C1=O. The number of rotatable bonds is 8. The molecule has 0 bridgehead atoms. The molecule has 9 heteroatoms. The molecule has 1 aliphatic rings. The van der Waals surface area contributed by atoms with Crippen LogP contribution in [0.25, 0.3) is 0 Å². The smallest absolute Gasteiger partial charge is 0.331 e. The first-order valence-corrected chi connectivity index (χ1v) is 10.5. The van der Waals surface area contributed by atoms with Crippen molar-refractivity contribution in [1.29, 1.82) is 0 Å². The lowest BCUT2D eigenvalue weighted by molar-refractivity contribution is 0.106. The molecule has 0 radical (unpaired) electrons. The molecule has 0 spiro atoms. The van der Waals surface area contributed by atoms with Crippen LogP contribution in [0.2, 0.25) is 5.02 Å². The quantitative estimate of drug-likeness (QED) is 0.594. The second-order valence-corrected chi connectivity index (χ2v) is 7.93. The van der Waals surface area contributed by atoms with Gasteiger partial charge in [-0.2, -0.15) is 0 Å². The van der Waals surface area contributed by atoms with Crippen molar-refractivity contribution in [2.24, 2.45) is 0 Å². The Kier molecular flexibility index (Phi) is 7.22. The largest absolute Gasteiger partial charge is 0.488 e. The molecule has 1 fully saturated rings. The molecule has 1 unspecified atom stereocenters. The van der Waals surface area contributed by atoms with E-state index < -0.39 is 24.2 Å². The number of carbonyl (C=O) groups is 2. The number of nitrogens with one attached hydrogen (secondary N) is 2. The van der Waals surface area contributed by atoms with Gasteiger partial charge >= 0.3 is 12.1 Å². The van der Waals surface area contributed by atoms with Crippen molar-refractivity contribution in [1.82, 2.24) is 15.1 Å². The average Bonchev–Trinajstić information content (AvgIpc) is 2.71. The van der Waals surface area contributed by atoms with E-state index in [0.717, 1.165) is 10.5 Å². The van der Waals surface area contributed by atoms with E-state index in [1.54, 1.807) is 18.2 Å². The minimum absolute atomic E-state index is 0.136. The summed E-state index contributed by atoms with van der Waals surface area (Å²) in [4.78, 5) is 28.2. The van der Waals surface area contributed by atoms with E-state index in [2.05, 4.69) is 10.6 Å². The molecule has 2 aromatic carbocycles. The number of ether oxygens (including phenoxy) is 1. The Morgan fingerprint density at radius 2 is 1.90 bits per heavy atom. The Morgan fingerprint density at radius 3 is 2.52 bits per heavy atom. The molecule has 0 saturated carbocycles. The predicted octanol–water partition coefficient (Wildman–Crippen LogP) is 5.02. The lowest BCUT2D eigenvalue weighted by Crippen LogP contribution is -2.67. The maximum absolute atomic E-state index is 14.4. The maximum atomic E-state index is 14.4. The van der Waals surface area contributed by atoms with Gasteiger partial charge in [0, 0.05) is 23.3 Å². The summed E-state index contributed by atoms with van der Waals surface area (Å²) in [5.74, 6) is -0.402. The fourth-order valence-electron chi connectivity index (χ4n) is 3.20. The highest BCUT2D eigenvalue weighted by atomic mass is 35.5. The zero-order chi connectivity index (χ0) is 22.5. The van der Waals surface area contributed by atoms with Crippen LogP contribution < -0.4 is 15.4 Å². The zero-order valence-corrected chi connectivity index (χ0v) is 18.4. The van der Waals surface area contributed by atoms with Crippen molar-refractivity contribution >= 4 is 29.4 Å². The van der Waals surface area contributed by atoms with E-state index in [9.17, 15) is 14.0 Å². The highest BCUT2D eigenvalue weighted by Crippen LogP contribution is 2.24. The van der Waals surface area contributed by atoms with Gasteiger partial charge in [-0.15, -0.1) is 0 Å². The highest BCUT2D eigenvalue weighted by molar-refractivity contribution is 6.30. The second kappa shape index (κ2) is 9.87. The van der Waals surface area contributed by atoms with Crippen LogP contribution >= 0.6 is 11.6 Å². The molecule has 2 N–H and O–H groups in total. The number of amides is 4. The third kappa shape index (κ3) is 5.58. The highest BCUT2D eigenvalue weighted by Gasteiger charge is 2.38. The van der Waals surface area contributed by atoms with Crippen LogP contribution in [0.1, 0.15) is 32.8 Å². The Morgan fingerprint density at radius 1 is 1.19 bits per heavy atom. The van der Waals surface area contributed by atoms with Crippen LogP contribution in [-0.4, -0.2) is 40.8 Å². The van der Waals surface area contributed by atoms with E-state index in [1.165, 1.54) is 17.0 Å². The van der Waals surface area contributed by atoms with Gasteiger partial charge in [0.15, 0.2) is 17.9 Å². The van der Waals surface area contributed by atoms with Crippen molar-refractivity contribution in [2.75, 3.05) is 11.9 Å². The van der Waals surface area contributed by atoms with Crippen molar-refractivity contribution in [3.8, 4) is 5.75 Å². The molecule has 166 valence electrons. The third-order valence-corrected chi connectivity index (χ3v) is 4.86. The number of hydrogen-bond donors (Lipinski definition) is 2. The summed E-state index contributed by atoms with van der Waals surface area (Å²) in [7, 11) is 0. The van der Waals surface area contributed by atoms with Crippen molar-refractivity contribution < 1.29 is 18.7 Å². The van der Waals surface area contributed by atoms with Gasteiger partial charge in [-0.05, 0) is 50.1 Å². The van der Waals surface area contributed by atoms with Crippen molar-refractivity contribution in [3.63, 3.8) is 0 Å². The number of halogens is 2. The number of urea groups is 2. The fraction of sp³-hybridized carbons (Fsp3) is 0.364. The minimum Gasteiger partial charge on any atom is -0.488 e. The second-order valence-electron chi connectivity index (χ2n) is 7.50. The summed E-state index contributed by atoms with van der Waals surface area (Å²) in [6, 6.07) is 10.6. The van der Waals surface area contributed by atoms with Gasteiger partial charge in [-0.3, -0.25) is 10.2 Å². The molecule has 4 amide bonds. The molecule has 0 aliphatic carbocycles. The van der Waals surface area contributed by atoms with Crippen LogP contribution in [0, 0.1) is 5.82 Å². The first-order valence-electron chi connectivity index (χ1n) is 10.1. The first-order chi connectivity index (χ1) is 14.8. The molecule has 3 rings (SSSR count). The molecular weight excluding hydrogens is 423 g/mol. The monoisotopic (exact) mass is 448 g/mol. The molecule has 1 atom stereocenters. The molecule has 1 saturated heterocycles.